The number of ether oxygens (including phenoxy) is 2. The molecule has 0 aliphatic carbocycles. The van der Waals surface area contributed by atoms with E-state index in [-0.39, 0.29) is 12.4 Å². The summed E-state index contributed by atoms with van der Waals surface area (Å²) in [6, 6.07) is 3.46. The molecule has 0 unspecified atom stereocenters. The minimum Gasteiger partial charge on any atom is -0.495 e. The molecule has 132 valence electrons. The largest absolute Gasteiger partial charge is 0.495 e. The Hall–Kier alpha value is -0.950. The minimum atomic E-state index is 0. The van der Waals surface area contributed by atoms with Gasteiger partial charge in [-0.25, -0.2) is 0 Å². The third-order valence-electron chi connectivity index (χ3n) is 2.96. The Bertz CT molecular complexity index is 490. The zero-order chi connectivity index (χ0) is 16.4. The highest BCUT2D eigenvalue weighted by molar-refractivity contribution is 7.80. The molecule has 3 N–H and O–H groups in total. The van der Waals surface area contributed by atoms with Crippen LogP contribution in [0.15, 0.2) is 12.1 Å². The van der Waals surface area contributed by atoms with Crippen molar-refractivity contribution in [3.8, 4) is 11.5 Å². The third kappa shape index (κ3) is 7.92. The van der Waals surface area contributed by atoms with E-state index in [1.807, 2.05) is 0 Å². The average Bonchev–Trinajstić information content (AvgIpc) is 2.52. The van der Waals surface area contributed by atoms with E-state index in [0.29, 0.717) is 27.3 Å². The lowest BCUT2D eigenvalue weighted by Crippen LogP contribution is -2.31. The average molecular weight is 382 g/mol. The second-order valence-corrected chi connectivity index (χ2v) is 5.49. The van der Waals surface area contributed by atoms with Gasteiger partial charge in [-0.3, -0.25) is 0 Å². The van der Waals surface area contributed by atoms with E-state index in [9.17, 15) is 0 Å². The highest BCUT2D eigenvalue weighted by atomic mass is 35.5. The van der Waals surface area contributed by atoms with E-state index in [2.05, 4.69) is 22.9 Å². The summed E-state index contributed by atoms with van der Waals surface area (Å²) in [5.74, 6) is 1.18. The molecule has 0 aliphatic rings. The van der Waals surface area contributed by atoms with Crippen LogP contribution in [0.1, 0.15) is 19.8 Å². The standard InChI is InChI=1S/C15H24ClN3O2S.ClH/c1-4-6-17-7-5-8-18-15(22)19-12-10-13(20-2)11(16)9-14(12)21-3;/h9-10,17H,4-8H2,1-3H3,(H2,18,19,22);1H. The molecule has 0 bridgehead atoms. The molecule has 1 rings (SSSR count). The van der Waals surface area contributed by atoms with Crippen molar-refractivity contribution in [3.05, 3.63) is 17.2 Å². The predicted molar refractivity (Wildman–Crippen MR) is 104 cm³/mol. The maximum absolute atomic E-state index is 6.07. The van der Waals surface area contributed by atoms with E-state index in [1.165, 1.54) is 0 Å². The van der Waals surface area contributed by atoms with Crippen LogP contribution in [0.4, 0.5) is 5.69 Å². The smallest absolute Gasteiger partial charge is 0.170 e. The molecule has 1 aromatic carbocycles. The molecule has 1 aromatic rings. The molecule has 8 heteroatoms. The number of halogens is 2. The van der Waals surface area contributed by atoms with Gasteiger partial charge in [-0.1, -0.05) is 18.5 Å². The van der Waals surface area contributed by atoms with Crippen molar-refractivity contribution in [1.29, 1.82) is 0 Å². The van der Waals surface area contributed by atoms with E-state index in [1.54, 1.807) is 26.4 Å². The molecule has 23 heavy (non-hydrogen) atoms. The molecule has 0 fully saturated rings. The van der Waals surface area contributed by atoms with Gasteiger partial charge >= 0.3 is 0 Å². The Morgan fingerprint density at radius 3 is 2.43 bits per heavy atom. The molecule has 0 amide bonds. The Labute approximate surface area is 154 Å². The van der Waals surface area contributed by atoms with Crippen LogP contribution in [0.3, 0.4) is 0 Å². The van der Waals surface area contributed by atoms with Crippen LogP contribution >= 0.6 is 36.2 Å². The van der Waals surface area contributed by atoms with Gasteiger partial charge in [-0.05, 0) is 38.1 Å². The lowest BCUT2D eigenvalue weighted by Gasteiger charge is -2.15. The quantitative estimate of drug-likeness (QED) is 0.449. The summed E-state index contributed by atoms with van der Waals surface area (Å²) >= 11 is 11.4. The van der Waals surface area contributed by atoms with Crippen LogP contribution < -0.4 is 25.4 Å². The van der Waals surface area contributed by atoms with Gasteiger partial charge in [-0.2, -0.15) is 0 Å². The molecule has 0 heterocycles. The summed E-state index contributed by atoms with van der Waals surface area (Å²) in [7, 11) is 3.15. The first-order chi connectivity index (χ1) is 10.6. The van der Waals surface area contributed by atoms with Crippen molar-refractivity contribution >= 4 is 47.0 Å². The fourth-order valence-corrected chi connectivity index (χ4v) is 2.28. The topological polar surface area (TPSA) is 54.5 Å². The first-order valence-corrected chi connectivity index (χ1v) is 8.08. The van der Waals surface area contributed by atoms with Crippen LogP contribution in [-0.4, -0.2) is 39.0 Å². The van der Waals surface area contributed by atoms with Crippen LogP contribution in [0, 0.1) is 0 Å². The van der Waals surface area contributed by atoms with Gasteiger partial charge in [0.05, 0.1) is 24.9 Å². The van der Waals surface area contributed by atoms with Crippen molar-refractivity contribution in [2.45, 2.75) is 19.8 Å². The highest BCUT2D eigenvalue weighted by Crippen LogP contribution is 2.35. The fourth-order valence-electron chi connectivity index (χ4n) is 1.84. The molecule has 0 radical (unpaired) electrons. The molecular formula is C15H25Cl2N3O2S. The van der Waals surface area contributed by atoms with Gasteiger partial charge in [0.25, 0.3) is 0 Å². The SMILES string of the molecule is CCCNCCCNC(=S)Nc1cc(OC)c(Cl)cc1OC.Cl. The van der Waals surface area contributed by atoms with Crippen LogP contribution in [0.5, 0.6) is 11.5 Å². The van der Waals surface area contributed by atoms with Crippen LogP contribution in [-0.2, 0) is 0 Å². The van der Waals surface area contributed by atoms with E-state index in [0.717, 1.165) is 32.5 Å². The second-order valence-electron chi connectivity index (χ2n) is 4.67. The van der Waals surface area contributed by atoms with Crippen molar-refractivity contribution in [3.63, 3.8) is 0 Å². The van der Waals surface area contributed by atoms with Crippen LogP contribution in [0.2, 0.25) is 5.02 Å². The van der Waals surface area contributed by atoms with Gasteiger partial charge < -0.3 is 25.4 Å². The predicted octanol–water partition coefficient (Wildman–Crippen LogP) is 3.46. The number of methoxy groups -OCH3 is 2. The molecule has 0 saturated heterocycles. The normalized spacial score (nSPS) is 9.74. The van der Waals surface area contributed by atoms with Crippen LogP contribution in [0.25, 0.3) is 0 Å². The van der Waals surface area contributed by atoms with E-state index < -0.39 is 0 Å². The van der Waals surface area contributed by atoms with Gasteiger partial charge in [0.1, 0.15) is 11.5 Å². The number of thiocarbonyl (C=S) groups is 1. The molecule has 0 saturated carbocycles. The summed E-state index contributed by atoms with van der Waals surface area (Å²) < 4.78 is 10.5. The zero-order valence-corrected chi connectivity index (χ0v) is 16.1. The first kappa shape index (κ1) is 22.1. The molecule has 0 spiro atoms. The Morgan fingerprint density at radius 2 is 1.83 bits per heavy atom. The summed E-state index contributed by atoms with van der Waals surface area (Å²) in [5.41, 5.74) is 0.713. The fraction of sp³-hybridized carbons (Fsp3) is 0.533. The van der Waals surface area contributed by atoms with E-state index >= 15 is 0 Å². The molecular weight excluding hydrogens is 357 g/mol. The molecule has 5 nitrogen and oxygen atoms in total. The molecule has 0 atom stereocenters. The number of benzene rings is 1. The lowest BCUT2D eigenvalue weighted by atomic mass is 10.2. The number of hydrogen-bond acceptors (Lipinski definition) is 4. The van der Waals surface area contributed by atoms with Gasteiger partial charge in [0.15, 0.2) is 5.11 Å². The Kier molecular flexibility index (Phi) is 12.0. The maximum Gasteiger partial charge on any atom is 0.170 e. The first-order valence-electron chi connectivity index (χ1n) is 7.29. The monoisotopic (exact) mass is 381 g/mol. The number of hydrogen-bond donors (Lipinski definition) is 3. The van der Waals surface area contributed by atoms with Crippen molar-refractivity contribution in [2.75, 3.05) is 39.2 Å². The lowest BCUT2D eigenvalue weighted by molar-refractivity contribution is 0.405. The van der Waals surface area contributed by atoms with Gasteiger partial charge in [0.2, 0.25) is 0 Å². The minimum absolute atomic E-state index is 0. The van der Waals surface area contributed by atoms with Crippen molar-refractivity contribution in [1.82, 2.24) is 10.6 Å². The van der Waals surface area contributed by atoms with Gasteiger partial charge in [-0.15, -0.1) is 12.4 Å². The number of anilines is 1. The number of nitrogens with one attached hydrogen (secondary N) is 3. The summed E-state index contributed by atoms with van der Waals surface area (Å²) in [6.45, 7) is 4.97. The third-order valence-corrected chi connectivity index (χ3v) is 3.51. The summed E-state index contributed by atoms with van der Waals surface area (Å²) in [4.78, 5) is 0. The zero-order valence-electron chi connectivity index (χ0n) is 13.7. The van der Waals surface area contributed by atoms with Crippen molar-refractivity contribution < 1.29 is 9.47 Å². The highest BCUT2D eigenvalue weighted by Gasteiger charge is 2.10. The molecule has 0 aromatic heterocycles. The summed E-state index contributed by atoms with van der Waals surface area (Å²) in [5, 5.41) is 10.6. The second kappa shape index (κ2) is 12.5. The molecule has 0 aliphatic heterocycles. The summed E-state index contributed by atoms with van der Waals surface area (Å²) in [6.07, 6.45) is 2.15. The Morgan fingerprint density at radius 1 is 1.13 bits per heavy atom. The maximum atomic E-state index is 6.07. The van der Waals surface area contributed by atoms with Crippen molar-refractivity contribution in [2.24, 2.45) is 0 Å². The Balaban J connectivity index is 0.00000484. The van der Waals surface area contributed by atoms with Gasteiger partial charge in [0, 0.05) is 18.7 Å². The van der Waals surface area contributed by atoms with E-state index in [4.69, 9.17) is 33.3 Å². The number of rotatable bonds is 9.